The van der Waals surface area contributed by atoms with Crippen molar-refractivity contribution in [3.63, 3.8) is 0 Å². The Morgan fingerprint density at radius 1 is 0.917 bits per heavy atom. The molecular weight excluding hydrogens is 341 g/mol. The van der Waals surface area contributed by atoms with E-state index in [9.17, 15) is 0 Å². The zero-order valence-electron chi connectivity index (χ0n) is 12.9. The van der Waals surface area contributed by atoms with E-state index in [1.54, 1.807) is 0 Å². The number of hydrogen-bond acceptors (Lipinski definition) is 3. The number of aromatic nitrogens is 2. The minimum atomic E-state index is 0.450. The molecule has 2 heterocycles. The SMILES string of the molecule is Cc1nc(Cl)c2c(n1)CN=C(c1ccccc1)c1cc(Cl)ccc1-2. The molecule has 0 fully saturated rings. The summed E-state index contributed by atoms with van der Waals surface area (Å²) in [7, 11) is 0. The van der Waals surface area contributed by atoms with E-state index in [-0.39, 0.29) is 0 Å². The summed E-state index contributed by atoms with van der Waals surface area (Å²) in [6, 6.07) is 15.8. The predicted molar refractivity (Wildman–Crippen MR) is 98.0 cm³/mol. The van der Waals surface area contributed by atoms with Crippen molar-refractivity contribution in [2.75, 3.05) is 0 Å². The second kappa shape index (κ2) is 6.00. The molecule has 1 aliphatic rings. The Hall–Kier alpha value is -2.23. The van der Waals surface area contributed by atoms with Crippen LogP contribution in [0.25, 0.3) is 11.1 Å². The van der Waals surface area contributed by atoms with E-state index in [0.29, 0.717) is 22.5 Å². The van der Waals surface area contributed by atoms with Crippen molar-refractivity contribution >= 4 is 28.9 Å². The van der Waals surface area contributed by atoms with Gasteiger partial charge in [0.1, 0.15) is 11.0 Å². The molecule has 0 saturated carbocycles. The summed E-state index contributed by atoms with van der Waals surface area (Å²) in [5.41, 5.74) is 5.50. The highest BCUT2D eigenvalue weighted by Crippen LogP contribution is 2.37. The highest BCUT2D eigenvalue weighted by atomic mass is 35.5. The van der Waals surface area contributed by atoms with Crippen LogP contribution in [0, 0.1) is 6.92 Å². The molecule has 0 N–H and O–H groups in total. The van der Waals surface area contributed by atoms with Crippen LogP contribution in [-0.4, -0.2) is 15.7 Å². The Kier molecular flexibility index (Phi) is 3.83. The Morgan fingerprint density at radius 2 is 1.71 bits per heavy atom. The molecule has 4 rings (SSSR count). The lowest BCUT2D eigenvalue weighted by atomic mass is 9.94. The lowest BCUT2D eigenvalue weighted by molar-refractivity contribution is 0.935. The third kappa shape index (κ3) is 2.60. The lowest BCUT2D eigenvalue weighted by Gasteiger charge is -2.13. The largest absolute Gasteiger partial charge is 0.278 e. The average molecular weight is 354 g/mol. The van der Waals surface area contributed by atoms with E-state index in [1.165, 1.54) is 0 Å². The molecule has 24 heavy (non-hydrogen) atoms. The molecular formula is C19H13Cl2N3. The zero-order chi connectivity index (χ0) is 16.7. The minimum absolute atomic E-state index is 0.450. The maximum atomic E-state index is 6.45. The van der Waals surface area contributed by atoms with Crippen molar-refractivity contribution in [2.45, 2.75) is 13.5 Å². The van der Waals surface area contributed by atoms with Gasteiger partial charge in [-0.05, 0) is 24.6 Å². The molecule has 118 valence electrons. The van der Waals surface area contributed by atoms with Gasteiger partial charge < -0.3 is 0 Å². The second-order valence-corrected chi connectivity index (χ2v) is 6.40. The molecule has 5 heteroatoms. The van der Waals surface area contributed by atoms with Crippen LogP contribution in [0.5, 0.6) is 0 Å². The third-order valence-corrected chi connectivity index (χ3v) is 4.50. The summed E-state index contributed by atoms with van der Waals surface area (Å²) in [5.74, 6) is 0.646. The zero-order valence-corrected chi connectivity index (χ0v) is 14.4. The van der Waals surface area contributed by atoms with Gasteiger partial charge in [0.15, 0.2) is 0 Å². The van der Waals surface area contributed by atoms with Crippen molar-refractivity contribution in [3.8, 4) is 11.1 Å². The van der Waals surface area contributed by atoms with Gasteiger partial charge in [0, 0.05) is 21.7 Å². The van der Waals surface area contributed by atoms with Crippen molar-refractivity contribution < 1.29 is 0 Å². The number of aryl methyl sites for hydroxylation is 1. The molecule has 0 saturated heterocycles. The van der Waals surface area contributed by atoms with Crippen LogP contribution in [0.4, 0.5) is 0 Å². The number of fused-ring (bicyclic) bond motifs is 3. The molecule has 1 aromatic heterocycles. The fourth-order valence-electron chi connectivity index (χ4n) is 2.99. The number of halogens is 2. The first kappa shape index (κ1) is 15.3. The first-order valence-corrected chi connectivity index (χ1v) is 8.32. The Labute approximate surface area is 150 Å². The van der Waals surface area contributed by atoms with E-state index in [1.807, 2.05) is 55.5 Å². The van der Waals surface area contributed by atoms with Crippen LogP contribution < -0.4 is 0 Å². The van der Waals surface area contributed by atoms with Gasteiger partial charge in [-0.2, -0.15) is 0 Å². The molecule has 2 aromatic carbocycles. The number of nitrogens with zero attached hydrogens (tertiary/aromatic N) is 3. The summed E-state index contributed by atoms with van der Waals surface area (Å²) in [6.45, 7) is 2.29. The molecule has 0 radical (unpaired) electrons. The van der Waals surface area contributed by atoms with Crippen LogP contribution >= 0.6 is 23.2 Å². The molecule has 0 spiro atoms. The van der Waals surface area contributed by atoms with E-state index < -0.39 is 0 Å². The van der Waals surface area contributed by atoms with Gasteiger partial charge in [0.05, 0.1) is 18.0 Å². The summed E-state index contributed by atoms with van der Waals surface area (Å²) in [5, 5.41) is 1.11. The molecule has 3 nitrogen and oxygen atoms in total. The van der Waals surface area contributed by atoms with Crippen molar-refractivity contribution in [1.29, 1.82) is 0 Å². The van der Waals surface area contributed by atoms with Gasteiger partial charge in [0.2, 0.25) is 0 Å². The van der Waals surface area contributed by atoms with Crippen LogP contribution in [0.1, 0.15) is 22.6 Å². The maximum Gasteiger partial charge on any atom is 0.140 e. The monoisotopic (exact) mass is 353 g/mol. The lowest BCUT2D eigenvalue weighted by Crippen LogP contribution is -2.04. The predicted octanol–water partition coefficient (Wildman–Crippen LogP) is 5.11. The van der Waals surface area contributed by atoms with Crippen LogP contribution in [-0.2, 0) is 6.54 Å². The van der Waals surface area contributed by atoms with Gasteiger partial charge >= 0.3 is 0 Å². The van der Waals surface area contributed by atoms with Crippen molar-refractivity contribution in [1.82, 2.24) is 9.97 Å². The van der Waals surface area contributed by atoms with Crippen molar-refractivity contribution in [2.24, 2.45) is 4.99 Å². The fourth-order valence-corrected chi connectivity index (χ4v) is 3.49. The highest BCUT2D eigenvalue weighted by Gasteiger charge is 2.23. The molecule has 0 atom stereocenters. The number of rotatable bonds is 1. The van der Waals surface area contributed by atoms with E-state index in [0.717, 1.165) is 33.7 Å². The van der Waals surface area contributed by atoms with Crippen LogP contribution in [0.3, 0.4) is 0 Å². The summed E-state index contributed by atoms with van der Waals surface area (Å²) >= 11 is 12.7. The number of aliphatic imine (C=N–C) groups is 1. The summed E-state index contributed by atoms with van der Waals surface area (Å²) in [6.07, 6.45) is 0. The molecule has 1 aliphatic heterocycles. The smallest absolute Gasteiger partial charge is 0.140 e. The Bertz CT molecular complexity index is 966. The van der Waals surface area contributed by atoms with Gasteiger partial charge in [0.25, 0.3) is 0 Å². The summed E-state index contributed by atoms with van der Waals surface area (Å²) in [4.78, 5) is 13.7. The van der Waals surface area contributed by atoms with Gasteiger partial charge in [-0.25, -0.2) is 9.97 Å². The second-order valence-electron chi connectivity index (χ2n) is 5.60. The van der Waals surface area contributed by atoms with Gasteiger partial charge in [-0.3, -0.25) is 4.99 Å². The molecule has 0 unspecified atom stereocenters. The van der Waals surface area contributed by atoms with Crippen LogP contribution in [0.2, 0.25) is 10.2 Å². The molecule has 0 amide bonds. The van der Waals surface area contributed by atoms with E-state index in [4.69, 9.17) is 28.2 Å². The Morgan fingerprint density at radius 3 is 2.50 bits per heavy atom. The number of benzene rings is 2. The minimum Gasteiger partial charge on any atom is -0.278 e. The molecule has 0 aliphatic carbocycles. The molecule has 3 aromatic rings. The maximum absolute atomic E-state index is 6.45. The average Bonchev–Trinajstić information content (AvgIpc) is 2.72. The first-order chi connectivity index (χ1) is 11.6. The normalized spacial score (nSPS) is 12.9. The van der Waals surface area contributed by atoms with Gasteiger partial charge in [-0.15, -0.1) is 0 Å². The van der Waals surface area contributed by atoms with Crippen molar-refractivity contribution in [3.05, 3.63) is 81.4 Å². The molecule has 0 bridgehead atoms. The first-order valence-electron chi connectivity index (χ1n) is 7.56. The highest BCUT2D eigenvalue weighted by molar-refractivity contribution is 6.34. The van der Waals surface area contributed by atoms with E-state index >= 15 is 0 Å². The van der Waals surface area contributed by atoms with Crippen LogP contribution in [0.15, 0.2) is 53.5 Å². The fraction of sp³-hybridized carbons (Fsp3) is 0.105. The van der Waals surface area contributed by atoms with E-state index in [2.05, 4.69) is 9.97 Å². The Balaban J connectivity index is 2.03. The summed E-state index contributed by atoms with van der Waals surface area (Å²) < 4.78 is 0. The van der Waals surface area contributed by atoms with Gasteiger partial charge in [-0.1, -0.05) is 59.6 Å². The topological polar surface area (TPSA) is 38.1 Å². The third-order valence-electron chi connectivity index (χ3n) is 3.99. The number of hydrogen-bond donors (Lipinski definition) is 0. The standard InChI is InChI=1S/C19H13Cl2N3/c1-11-23-16-10-22-18(12-5-3-2-4-6-12)15-9-13(20)7-8-14(15)17(16)19(21)24-11/h2-9H,10H2,1H3. The quantitative estimate of drug-likeness (QED) is 0.570.